The monoisotopic (exact) mass is 506 g/mol. The van der Waals surface area contributed by atoms with Gasteiger partial charge in [-0.2, -0.15) is 0 Å². The quantitative estimate of drug-likeness (QED) is 0.268. The number of allylic oxidation sites excluding steroid dienone is 1. The number of hydrogen-bond acceptors (Lipinski definition) is 7. The molecule has 8 nitrogen and oxygen atoms in total. The molecule has 0 fully saturated rings. The summed E-state index contributed by atoms with van der Waals surface area (Å²) in [5.74, 6) is 0.918. The molecule has 0 aliphatic carbocycles. The number of nitrogens with one attached hydrogen (secondary N) is 2. The van der Waals surface area contributed by atoms with E-state index in [9.17, 15) is 14.0 Å². The number of hydrogen-bond donors (Lipinski definition) is 2. The topological polar surface area (TPSA) is 95.1 Å². The van der Waals surface area contributed by atoms with E-state index in [2.05, 4.69) is 10.6 Å². The molecule has 0 spiro atoms. The number of benzene rings is 3. The van der Waals surface area contributed by atoms with Gasteiger partial charge in [-0.05, 0) is 48.5 Å². The van der Waals surface area contributed by atoms with E-state index in [0.29, 0.717) is 45.5 Å². The van der Waals surface area contributed by atoms with E-state index in [0.717, 1.165) is 0 Å². The second-order valence-corrected chi connectivity index (χ2v) is 7.53. The number of halogens is 1. The molecule has 3 aromatic rings. The van der Waals surface area contributed by atoms with Crippen LogP contribution in [-0.2, 0) is 4.79 Å². The van der Waals surface area contributed by atoms with Gasteiger partial charge < -0.3 is 29.6 Å². The van der Waals surface area contributed by atoms with Crippen LogP contribution in [0.2, 0.25) is 0 Å². The first kappa shape index (κ1) is 26.8. The first-order chi connectivity index (χ1) is 17.9. The summed E-state index contributed by atoms with van der Waals surface area (Å²) >= 11 is 0. The lowest BCUT2D eigenvalue weighted by molar-refractivity contribution is -0.111. The van der Waals surface area contributed by atoms with Crippen LogP contribution in [0.3, 0.4) is 0 Å². The van der Waals surface area contributed by atoms with Gasteiger partial charge in [-0.15, -0.1) is 0 Å². The van der Waals surface area contributed by atoms with Gasteiger partial charge in [-0.3, -0.25) is 9.59 Å². The Hall–Kier alpha value is -4.79. The molecule has 0 aliphatic rings. The van der Waals surface area contributed by atoms with Crippen molar-refractivity contribution < 1.29 is 32.9 Å². The van der Waals surface area contributed by atoms with Gasteiger partial charge in [-0.25, -0.2) is 4.39 Å². The van der Waals surface area contributed by atoms with E-state index in [1.807, 2.05) is 0 Å². The zero-order valence-electron chi connectivity index (χ0n) is 20.8. The molecule has 0 unspecified atom stereocenters. The molecule has 0 atom stereocenters. The van der Waals surface area contributed by atoms with Crippen LogP contribution >= 0.6 is 0 Å². The second-order valence-electron chi connectivity index (χ2n) is 7.53. The standard InChI is InChI=1S/C28H27FN2O6/c1-34-21-16-26(36-3)22(27(17-21)37-4)10-12-28(33)31-20-9-11-25(35-2)23(15-20)30-14-13-24(32)18-5-7-19(29)8-6-18/h5-17,30H,1-4H3,(H,31,33)/b12-10+,14-13-. The van der Waals surface area contributed by atoms with Crippen LogP contribution in [0.4, 0.5) is 15.8 Å². The second kappa shape index (κ2) is 12.8. The van der Waals surface area contributed by atoms with Gasteiger partial charge in [-0.1, -0.05) is 0 Å². The predicted octanol–water partition coefficient (Wildman–Crippen LogP) is 5.32. The number of ketones is 1. The summed E-state index contributed by atoms with van der Waals surface area (Å²) in [4.78, 5) is 24.9. The van der Waals surface area contributed by atoms with E-state index in [4.69, 9.17) is 18.9 Å². The van der Waals surface area contributed by atoms with E-state index < -0.39 is 11.7 Å². The third-order valence-electron chi connectivity index (χ3n) is 5.22. The maximum atomic E-state index is 13.1. The van der Waals surface area contributed by atoms with Gasteiger partial charge in [0, 0.05) is 41.7 Å². The SMILES string of the molecule is COc1cc(OC)c(/C=C/C(=O)Nc2ccc(OC)c(N/C=C\C(=O)c3ccc(F)cc3)c2)c(OC)c1. The molecule has 0 saturated carbocycles. The predicted molar refractivity (Wildman–Crippen MR) is 140 cm³/mol. The van der Waals surface area contributed by atoms with Gasteiger partial charge in [0.05, 0.1) is 39.7 Å². The molecule has 0 heterocycles. The summed E-state index contributed by atoms with van der Waals surface area (Å²) in [6.45, 7) is 0. The molecule has 0 aromatic heterocycles. The summed E-state index contributed by atoms with van der Waals surface area (Å²) in [6, 6.07) is 13.6. The minimum absolute atomic E-state index is 0.301. The van der Waals surface area contributed by atoms with Gasteiger partial charge in [0.25, 0.3) is 0 Å². The highest BCUT2D eigenvalue weighted by Gasteiger charge is 2.12. The highest BCUT2D eigenvalue weighted by molar-refractivity contribution is 6.05. The van der Waals surface area contributed by atoms with Crippen molar-refractivity contribution in [1.29, 1.82) is 0 Å². The lowest BCUT2D eigenvalue weighted by atomic mass is 10.1. The number of carbonyl (C=O) groups is 2. The van der Waals surface area contributed by atoms with Crippen molar-refractivity contribution in [3.63, 3.8) is 0 Å². The highest BCUT2D eigenvalue weighted by atomic mass is 19.1. The molecule has 0 aliphatic heterocycles. The third kappa shape index (κ3) is 7.11. The number of ether oxygens (including phenoxy) is 4. The molecule has 0 radical (unpaired) electrons. The van der Waals surface area contributed by atoms with Crippen molar-refractivity contribution in [3.8, 4) is 23.0 Å². The van der Waals surface area contributed by atoms with Crippen molar-refractivity contribution in [2.75, 3.05) is 39.1 Å². The number of anilines is 2. The van der Waals surface area contributed by atoms with Crippen LogP contribution in [0.15, 0.2) is 72.9 Å². The van der Waals surface area contributed by atoms with Crippen molar-refractivity contribution >= 4 is 29.1 Å². The Bertz CT molecular complexity index is 1290. The fourth-order valence-electron chi connectivity index (χ4n) is 3.36. The minimum Gasteiger partial charge on any atom is -0.496 e. The number of amides is 1. The highest BCUT2D eigenvalue weighted by Crippen LogP contribution is 2.35. The van der Waals surface area contributed by atoms with Crippen LogP contribution in [0.5, 0.6) is 23.0 Å². The maximum absolute atomic E-state index is 13.1. The van der Waals surface area contributed by atoms with Crippen molar-refractivity contribution in [3.05, 3.63) is 89.9 Å². The van der Waals surface area contributed by atoms with Crippen LogP contribution in [0.25, 0.3) is 6.08 Å². The largest absolute Gasteiger partial charge is 0.496 e. The van der Waals surface area contributed by atoms with Crippen LogP contribution in [0, 0.1) is 5.82 Å². The average Bonchev–Trinajstić information content (AvgIpc) is 2.91. The molecular formula is C28H27FN2O6. The molecule has 192 valence electrons. The molecular weight excluding hydrogens is 479 g/mol. The van der Waals surface area contributed by atoms with Gasteiger partial charge in [0.15, 0.2) is 5.78 Å². The lowest BCUT2D eigenvalue weighted by Gasteiger charge is -2.13. The Labute approximate surface area is 214 Å². The smallest absolute Gasteiger partial charge is 0.248 e. The fourth-order valence-corrected chi connectivity index (χ4v) is 3.36. The van der Waals surface area contributed by atoms with Crippen LogP contribution < -0.4 is 29.6 Å². The molecule has 2 N–H and O–H groups in total. The Morgan fingerprint density at radius 1 is 0.784 bits per heavy atom. The van der Waals surface area contributed by atoms with Crippen molar-refractivity contribution in [2.24, 2.45) is 0 Å². The Morgan fingerprint density at radius 2 is 1.43 bits per heavy atom. The van der Waals surface area contributed by atoms with E-state index in [1.54, 1.807) is 36.4 Å². The van der Waals surface area contributed by atoms with Crippen molar-refractivity contribution in [1.82, 2.24) is 0 Å². The summed E-state index contributed by atoms with van der Waals surface area (Å²) in [5, 5.41) is 5.75. The molecule has 0 bridgehead atoms. The van der Waals surface area contributed by atoms with E-state index >= 15 is 0 Å². The lowest BCUT2D eigenvalue weighted by Crippen LogP contribution is -2.08. The Balaban J connectivity index is 1.72. The number of carbonyl (C=O) groups excluding carboxylic acids is 2. The van der Waals surface area contributed by atoms with Gasteiger partial charge >= 0.3 is 0 Å². The first-order valence-corrected chi connectivity index (χ1v) is 11.1. The zero-order chi connectivity index (χ0) is 26.8. The molecule has 1 amide bonds. The van der Waals surface area contributed by atoms with Crippen LogP contribution in [-0.4, -0.2) is 40.1 Å². The summed E-state index contributed by atoms with van der Waals surface area (Å²) in [6.07, 6.45) is 5.69. The normalized spacial score (nSPS) is 10.8. The first-order valence-electron chi connectivity index (χ1n) is 11.1. The van der Waals surface area contributed by atoms with Gasteiger partial charge in [0.2, 0.25) is 5.91 Å². The molecule has 37 heavy (non-hydrogen) atoms. The number of methoxy groups -OCH3 is 4. The fraction of sp³-hybridized carbons (Fsp3) is 0.143. The molecule has 3 aromatic carbocycles. The number of rotatable bonds is 11. The van der Waals surface area contributed by atoms with E-state index in [-0.39, 0.29) is 5.78 Å². The molecule has 0 saturated heterocycles. The third-order valence-corrected chi connectivity index (χ3v) is 5.22. The summed E-state index contributed by atoms with van der Waals surface area (Å²) < 4.78 is 34.4. The zero-order valence-corrected chi connectivity index (χ0v) is 20.8. The molecule has 9 heteroatoms. The van der Waals surface area contributed by atoms with E-state index in [1.165, 1.54) is 71.1 Å². The van der Waals surface area contributed by atoms with Crippen molar-refractivity contribution in [2.45, 2.75) is 0 Å². The summed E-state index contributed by atoms with van der Waals surface area (Å²) in [5.41, 5.74) is 1.94. The average molecular weight is 507 g/mol. The molecule has 3 rings (SSSR count). The maximum Gasteiger partial charge on any atom is 0.248 e. The van der Waals surface area contributed by atoms with Gasteiger partial charge in [0.1, 0.15) is 28.8 Å². The Morgan fingerprint density at radius 3 is 2.03 bits per heavy atom. The van der Waals surface area contributed by atoms with Crippen LogP contribution in [0.1, 0.15) is 15.9 Å². The minimum atomic E-state index is -0.417. The Kier molecular flexibility index (Phi) is 9.26. The summed E-state index contributed by atoms with van der Waals surface area (Å²) in [7, 11) is 6.07.